The van der Waals surface area contributed by atoms with E-state index in [1.807, 2.05) is 0 Å². The number of hydrogen-bond acceptors (Lipinski definition) is 0. The Morgan fingerprint density at radius 2 is 1.79 bits per heavy atom. The van der Waals surface area contributed by atoms with Gasteiger partial charge in [0.05, 0.1) is 0 Å². The second kappa shape index (κ2) is 8.08. The topological polar surface area (TPSA) is 0 Å². The molecule has 0 heterocycles. The van der Waals surface area contributed by atoms with Crippen LogP contribution in [0.1, 0.15) is 38.2 Å². The number of unbranched alkanes of at least 4 members (excludes halogenated alkanes) is 3. The molecule has 0 radical (unpaired) electrons. The van der Waals surface area contributed by atoms with E-state index in [-0.39, 0.29) is 0 Å². The van der Waals surface area contributed by atoms with E-state index in [1.54, 1.807) is 0 Å². The summed E-state index contributed by atoms with van der Waals surface area (Å²) in [7, 11) is 0. The molecule has 1 aromatic carbocycles. The molecule has 0 aliphatic rings. The van der Waals surface area contributed by atoms with Crippen LogP contribution in [0, 0.1) is 0 Å². The molecule has 14 heavy (non-hydrogen) atoms. The third-order valence-corrected chi connectivity index (χ3v) is 4.59. The summed E-state index contributed by atoms with van der Waals surface area (Å²) in [5.74, 6) is 0. The van der Waals surface area contributed by atoms with Gasteiger partial charge in [0.2, 0.25) is 0 Å². The van der Waals surface area contributed by atoms with Gasteiger partial charge in [0.25, 0.3) is 0 Å². The molecule has 1 aromatic rings. The first-order valence-electron chi connectivity index (χ1n) is 5.55. The van der Waals surface area contributed by atoms with Gasteiger partial charge in [-0.05, 0) is 0 Å². The van der Waals surface area contributed by atoms with Crippen molar-refractivity contribution in [1.82, 2.24) is 0 Å². The van der Waals surface area contributed by atoms with Gasteiger partial charge >= 0.3 is 94.1 Å². The summed E-state index contributed by atoms with van der Waals surface area (Å²) in [5.41, 5.74) is 1.52. The fraction of sp³-hybridized carbons (Fsp3) is 0.538. The summed E-state index contributed by atoms with van der Waals surface area (Å²) in [5, 5.41) is 2.78. The van der Waals surface area contributed by atoms with Gasteiger partial charge in [-0.15, -0.1) is 0 Å². The van der Waals surface area contributed by atoms with Crippen LogP contribution in [0.5, 0.6) is 0 Å². The van der Waals surface area contributed by atoms with Crippen LogP contribution in [0.15, 0.2) is 30.3 Å². The Morgan fingerprint density at radius 1 is 1.00 bits per heavy atom. The molecule has 0 amide bonds. The molecule has 0 unspecified atom stereocenters. The van der Waals surface area contributed by atoms with Crippen molar-refractivity contribution < 1.29 is 0 Å². The van der Waals surface area contributed by atoms with E-state index in [4.69, 9.17) is 0 Å². The van der Waals surface area contributed by atoms with Crippen molar-refractivity contribution in [2.24, 2.45) is 0 Å². The van der Waals surface area contributed by atoms with Crippen molar-refractivity contribution >= 4 is 15.0 Å². The Labute approximate surface area is 94.3 Å². The Balaban J connectivity index is 1.99. The van der Waals surface area contributed by atoms with Gasteiger partial charge in [-0.25, -0.2) is 0 Å². The van der Waals surface area contributed by atoms with Crippen LogP contribution < -0.4 is 0 Å². The van der Waals surface area contributed by atoms with Gasteiger partial charge in [-0.1, -0.05) is 0 Å². The van der Waals surface area contributed by atoms with Crippen molar-refractivity contribution in [2.45, 2.75) is 43.2 Å². The van der Waals surface area contributed by atoms with E-state index in [1.165, 1.54) is 41.9 Å². The van der Waals surface area contributed by atoms with E-state index in [0.29, 0.717) is 0 Å². The Hall–Kier alpha value is -0.261. The monoisotopic (exact) mass is 256 g/mol. The quantitative estimate of drug-likeness (QED) is 0.512. The molecule has 0 atom stereocenters. The van der Waals surface area contributed by atoms with Gasteiger partial charge in [-0.3, -0.25) is 0 Å². The molecule has 0 fully saturated rings. The molecule has 0 N–H and O–H groups in total. The number of rotatable bonds is 7. The van der Waals surface area contributed by atoms with Crippen molar-refractivity contribution in [2.75, 3.05) is 0 Å². The molecule has 0 aliphatic carbocycles. The molecular formula is C13H20Se. The van der Waals surface area contributed by atoms with Crippen molar-refractivity contribution in [3.05, 3.63) is 35.9 Å². The SMILES string of the molecule is CCCCCC[Se]Cc1ccccc1. The summed E-state index contributed by atoms with van der Waals surface area (Å²) in [6.07, 6.45) is 5.65. The van der Waals surface area contributed by atoms with Gasteiger partial charge in [-0.2, -0.15) is 0 Å². The van der Waals surface area contributed by atoms with Crippen molar-refractivity contribution in [1.29, 1.82) is 0 Å². The van der Waals surface area contributed by atoms with Crippen LogP contribution in [-0.2, 0) is 5.32 Å². The van der Waals surface area contributed by atoms with Crippen LogP contribution in [0.2, 0.25) is 5.32 Å². The summed E-state index contributed by atoms with van der Waals surface area (Å²) in [6.45, 7) is 2.27. The van der Waals surface area contributed by atoms with Gasteiger partial charge in [0, 0.05) is 0 Å². The third-order valence-electron chi connectivity index (χ3n) is 2.25. The van der Waals surface area contributed by atoms with E-state index >= 15 is 0 Å². The second-order valence-corrected chi connectivity index (χ2v) is 5.92. The van der Waals surface area contributed by atoms with E-state index < -0.39 is 0 Å². The maximum absolute atomic E-state index is 2.27. The standard InChI is InChI=1S/C13H20Se/c1-2-3-4-8-11-14-12-13-9-6-5-7-10-13/h5-7,9-10H,2-4,8,11-12H2,1H3. The van der Waals surface area contributed by atoms with Crippen LogP contribution >= 0.6 is 0 Å². The van der Waals surface area contributed by atoms with E-state index in [9.17, 15) is 0 Å². The van der Waals surface area contributed by atoms with Crippen LogP contribution in [0.25, 0.3) is 0 Å². The Kier molecular flexibility index (Phi) is 6.82. The zero-order valence-corrected chi connectivity index (χ0v) is 10.8. The zero-order valence-electron chi connectivity index (χ0n) is 9.04. The fourth-order valence-corrected chi connectivity index (χ4v) is 3.45. The zero-order chi connectivity index (χ0) is 10.1. The molecule has 0 spiro atoms. The predicted molar refractivity (Wildman–Crippen MR) is 64.8 cm³/mol. The van der Waals surface area contributed by atoms with Gasteiger partial charge in [0.15, 0.2) is 0 Å². The first-order valence-corrected chi connectivity index (χ1v) is 7.97. The molecule has 0 bridgehead atoms. The summed E-state index contributed by atoms with van der Waals surface area (Å²) in [4.78, 5) is 0. The van der Waals surface area contributed by atoms with Gasteiger partial charge < -0.3 is 0 Å². The summed E-state index contributed by atoms with van der Waals surface area (Å²) in [6, 6.07) is 10.9. The summed E-state index contributed by atoms with van der Waals surface area (Å²) < 4.78 is 0. The third kappa shape index (κ3) is 5.47. The molecule has 1 heteroatoms. The number of benzene rings is 1. The second-order valence-electron chi connectivity index (χ2n) is 3.60. The van der Waals surface area contributed by atoms with Crippen LogP contribution in [0.3, 0.4) is 0 Å². The predicted octanol–water partition coefficient (Wildman–Crippen LogP) is 3.89. The molecule has 0 saturated heterocycles. The van der Waals surface area contributed by atoms with Crippen LogP contribution in [-0.4, -0.2) is 15.0 Å². The van der Waals surface area contributed by atoms with E-state index in [2.05, 4.69) is 37.3 Å². The molecule has 1 rings (SSSR count). The molecule has 0 saturated carbocycles. The maximum atomic E-state index is 2.27. The number of hydrogen-bond donors (Lipinski definition) is 0. The minimum atomic E-state index is 0.828. The fourth-order valence-electron chi connectivity index (χ4n) is 1.40. The van der Waals surface area contributed by atoms with E-state index in [0.717, 1.165) is 15.0 Å². The molecule has 0 nitrogen and oxygen atoms in total. The van der Waals surface area contributed by atoms with Crippen molar-refractivity contribution in [3.8, 4) is 0 Å². The van der Waals surface area contributed by atoms with Crippen molar-refractivity contribution in [3.63, 3.8) is 0 Å². The molecule has 0 aliphatic heterocycles. The average Bonchev–Trinajstić information content (AvgIpc) is 2.25. The Morgan fingerprint density at radius 3 is 2.50 bits per heavy atom. The first-order chi connectivity index (χ1) is 6.93. The van der Waals surface area contributed by atoms with Gasteiger partial charge in [0.1, 0.15) is 0 Å². The Bertz CT molecular complexity index is 218. The van der Waals surface area contributed by atoms with Crippen LogP contribution in [0.4, 0.5) is 0 Å². The molecule has 0 aromatic heterocycles. The molecular weight excluding hydrogens is 235 g/mol. The first kappa shape index (κ1) is 11.8. The average molecular weight is 255 g/mol. The normalized spacial score (nSPS) is 10.4. The minimum absolute atomic E-state index is 0.828. The summed E-state index contributed by atoms with van der Waals surface area (Å²) >= 11 is 0.828. The molecule has 78 valence electrons.